The maximum Gasteiger partial charge on any atom is 0.416 e. The van der Waals surface area contributed by atoms with Crippen LogP contribution in [-0.2, 0) is 15.7 Å². The third-order valence-corrected chi connectivity index (χ3v) is 6.32. The quantitative estimate of drug-likeness (QED) is 0.573. The molecule has 2 aliphatic rings. The predicted molar refractivity (Wildman–Crippen MR) is 126 cm³/mol. The van der Waals surface area contributed by atoms with Gasteiger partial charge in [-0.1, -0.05) is 12.1 Å². The van der Waals surface area contributed by atoms with Gasteiger partial charge in [-0.25, -0.2) is 14.4 Å². The van der Waals surface area contributed by atoms with Gasteiger partial charge in [-0.2, -0.15) is 13.2 Å². The highest BCUT2D eigenvalue weighted by atomic mass is 19.4. The summed E-state index contributed by atoms with van der Waals surface area (Å²) in [6.07, 6.45) is -4.51. The first kappa shape index (κ1) is 27.3. The Morgan fingerprint density at radius 2 is 1.83 bits per heavy atom. The molecule has 2 atom stereocenters. The van der Waals surface area contributed by atoms with E-state index in [0.29, 0.717) is 37.4 Å². The first-order valence-electron chi connectivity index (χ1n) is 11.9. The minimum absolute atomic E-state index is 0.0925. The monoisotopic (exact) mass is 511 g/mol. The fourth-order valence-corrected chi connectivity index (χ4v) is 4.46. The van der Waals surface area contributed by atoms with Gasteiger partial charge < -0.3 is 20.3 Å². The highest BCUT2D eigenvalue weighted by molar-refractivity contribution is 5.95. The molecule has 4 amide bonds. The van der Waals surface area contributed by atoms with Crippen molar-refractivity contribution >= 4 is 18.0 Å². The van der Waals surface area contributed by atoms with Crippen molar-refractivity contribution in [2.45, 2.75) is 39.0 Å². The molecule has 0 saturated carbocycles. The van der Waals surface area contributed by atoms with Crippen molar-refractivity contribution in [1.29, 1.82) is 0 Å². The SMILES string of the molecule is CCNC(=O)N1CCN(CC2=C(C(=O)OCC)C(c3ccc(C(F)(F)F)cc3)NC(=O)N2C)CC1C. The molecule has 198 valence electrons. The number of carbonyl (C=O) groups excluding carboxylic acids is 3. The van der Waals surface area contributed by atoms with Crippen LogP contribution in [0.15, 0.2) is 35.5 Å². The molecule has 0 radical (unpaired) electrons. The normalized spacial score (nSPS) is 21.4. The highest BCUT2D eigenvalue weighted by Gasteiger charge is 2.39. The molecule has 3 rings (SSSR count). The summed E-state index contributed by atoms with van der Waals surface area (Å²) in [7, 11) is 1.53. The molecule has 9 nitrogen and oxygen atoms in total. The molecule has 1 aromatic rings. The Balaban J connectivity index is 1.94. The second kappa shape index (κ2) is 11.2. The van der Waals surface area contributed by atoms with Crippen LogP contribution in [0.25, 0.3) is 0 Å². The second-order valence-electron chi connectivity index (χ2n) is 8.76. The predicted octanol–water partition coefficient (Wildman–Crippen LogP) is 2.95. The maximum atomic E-state index is 13.1. The van der Waals surface area contributed by atoms with Gasteiger partial charge in [0.1, 0.15) is 0 Å². The number of hydrogen-bond donors (Lipinski definition) is 2. The van der Waals surface area contributed by atoms with E-state index >= 15 is 0 Å². The van der Waals surface area contributed by atoms with Crippen LogP contribution in [0.5, 0.6) is 0 Å². The van der Waals surface area contributed by atoms with Gasteiger partial charge in [0.25, 0.3) is 0 Å². The van der Waals surface area contributed by atoms with Crippen molar-refractivity contribution in [2.24, 2.45) is 0 Å². The van der Waals surface area contributed by atoms with Gasteiger partial charge in [0, 0.05) is 51.5 Å². The number of amides is 4. The molecule has 1 saturated heterocycles. The zero-order valence-corrected chi connectivity index (χ0v) is 20.8. The molecule has 0 bridgehead atoms. The standard InChI is InChI=1S/C24H32F3N5O4/c1-5-28-22(34)32-12-11-31(13-15(32)3)14-18-19(21(33)36-6-2)20(29-23(35)30(18)4)16-7-9-17(10-8-16)24(25,26)27/h7-10,15,20H,5-6,11-14H2,1-4H3,(H,28,34)(H,29,35). The number of nitrogens with one attached hydrogen (secondary N) is 2. The van der Waals surface area contributed by atoms with Crippen molar-refractivity contribution in [3.63, 3.8) is 0 Å². The lowest BCUT2D eigenvalue weighted by molar-refractivity contribution is -0.139. The number of rotatable bonds is 6. The fraction of sp³-hybridized carbons (Fsp3) is 0.542. The van der Waals surface area contributed by atoms with E-state index in [1.807, 2.05) is 18.7 Å². The van der Waals surface area contributed by atoms with Crippen LogP contribution in [0.2, 0.25) is 0 Å². The lowest BCUT2D eigenvalue weighted by atomic mass is 9.93. The van der Waals surface area contributed by atoms with Crippen LogP contribution >= 0.6 is 0 Å². The zero-order chi connectivity index (χ0) is 26.6. The molecule has 1 aromatic carbocycles. The summed E-state index contributed by atoms with van der Waals surface area (Å²) in [5, 5.41) is 5.50. The molecule has 2 N–H and O–H groups in total. The number of halogens is 3. The summed E-state index contributed by atoms with van der Waals surface area (Å²) in [5.74, 6) is -0.654. The Labute approximate surface area is 208 Å². The van der Waals surface area contributed by atoms with Gasteiger partial charge in [0.15, 0.2) is 0 Å². The Hall–Kier alpha value is -3.28. The van der Waals surface area contributed by atoms with Gasteiger partial charge >= 0.3 is 24.2 Å². The number of esters is 1. The van der Waals surface area contributed by atoms with E-state index in [2.05, 4.69) is 10.6 Å². The smallest absolute Gasteiger partial charge is 0.416 e. The number of carbonyl (C=O) groups is 3. The third kappa shape index (κ3) is 5.92. The number of benzene rings is 1. The minimum Gasteiger partial charge on any atom is -0.463 e. The van der Waals surface area contributed by atoms with Gasteiger partial charge in [0.05, 0.1) is 23.8 Å². The molecular weight excluding hydrogens is 479 g/mol. The van der Waals surface area contributed by atoms with E-state index in [-0.39, 0.29) is 30.8 Å². The number of nitrogens with zero attached hydrogens (tertiary/aromatic N) is 3. The molecule has 1 fully saturated rings. The maximum absolute atomic E-state index is 13.1. The molecule has 2 unspecified atom stereocenters. The Morgan fingerprint density at radius 3 is 2.39 bits per heavy atom. The summed E-state index contributed by atoms with van der Waals surface area (Å²) in [6.45, 7) is 7.75. The largest absolute Gasteiger partial charge is 0.463 e. The van der Waals surface area contributed by atoms with Crippen LogP contribution in [0, 0.1) is 0 Å². The first-order valence-corrected chi connectivity index (χ1v) is 11.9. The number of likely N-dealkylation sites (N-methyl/N-ethyl adjacent to an activating group) is 1. The van der Waals surface area contributed by atoms with Gasteiger partial charge in [-0.3, -0.25) is 9.80 Å². The van der Waals surface area contributed by atoms with Gasteiger partial charge in [0.2, 0.25) is 0 Å². The van der Waals surface area contributed by atoms with Crippen LogP contribution in [0.1, 0.15) is 37.9 Å². The summed E-state index contributed by atoms with van der Waals surface area (Å²) in [5.41, 5.74) is 0.0732. The molecule has 2 aliphatic heterocycles. The second-order valence-corrected chi connectivity index (χ2v) is 8.76. The topological polar surface area (TPSA) is 94.2 Å². The molecular formula is C24H32F3N5O4. The number of hydrogen-bond acceptors (Lipinski definition) is 5. The van der Waals surface area contributed by atoms with E-state index in [1.54, 1.807) is 11.8 Å². The molecule has 12 heteroatoms. The number of ether oxygens (including phenoxy) is 1. The Bertz CT molecular complexity index is 1010. The molecule has 2 heterocycles. The van der Waals surface area contributed by atoms with E-state index < -0.39 is 29.8 Å². The van der Waals surface area contributed by atoms with E-state index in [9.17, 15) is 27.6 Å². The van der Waals surface area contributed by atoms with Crippen molar-refractivity contribution < 1.29 is 32.3 Å². The molecule has 0 aromatic heterocycles. The summed E-state index contributed by atoms with van der Waals surface area (Å²) >= 11 is 0. The summed E-state index contributed by atoms with van der Waals surface area (Å²) < 4.78 is 44.5. The Kier molecular flexibility index (Phi) is 8.49. The molecule has 36 heavy (non-hydrogen) atoms. The van der Waals surface area contributed by atoms with Gasteiger partial charge in [-0.05, 0) is 38.5 Å². The minimum atomic E-state index is -4.51. The van der Waals surface area contributed by atoms with Crippen molar-refractivity contribution in [3.8, 4) is 0 Å². The van der Waals surface area contributed by atoms with E-state index in [0.717, 1.165) is 12.1 Å². The van der Waals surface area contributed by atoms with Crippen LogP contribution < -0.4 is 10.6 Å². The summed E-state index contributed by atoms with van der Waals surface area (Å²) in [4.78, 5) is 43.3. The van der Waals surface area contributed by atoms with Crippen molar-refractivity contribution in [1.82, 2.24) is 25.3 Å². The first-order chi connectivity index (χ1) is 17.0. The summed E-state index contributed by atoms with van der Waals surface area (Å²) in [6, 6.07) is 2.63. The fourth-order valence-electron chi connectivity index (χ4n) is 4.46. The lowest BCUT2D eigenvalue weighted by Gasteiger charge is -2.42. The van der Waals surface area contributed by atoms with E-state index in [4.69, 9.17) is 4.74 Å². The van der Waals surface area contributed by atoms with E-state index in [1.165, 1.54) is 24.1 Å². The van der Waals surface area contributed by atoms with Crippen molar-refractivity contribution in [3.05, 3.63) is 46.7 Å². The number of piperazine rings is 1. The highest BCUT2D eigenvalue weighted by Crippen LogP contribution is 2.34. The van der Waals surface area contributed by atoms with Gasteiger partial charge in [-0.15, -0.1) is 0 Å². The lowest BCUT2D eigenvalue weighted by Crippen LogP contribution is -2.57. The average Bonchev–Trinajstić information content (AvgIpc) is 2.81. The third-order valence-electron chi connectivity index (χ3n) is 6.32. The Morgan fingerprint density at radius 1 is 1.17 bits per heavy atom. The van der Waals surface area contributed by atoms with Crippen molar-refractivity contribution in [2.75, 3.05) is 46.4 Å². The zero-order valence-electron chi connectivity index (χ0n) is 20.8. The molecule has 0 aliphatic carbocycles. The van der Waals surface area contributed by atoms with Crippen LogP contribution in [0.4, 0.5) is 22.8 Å². The average molecular weight is 512 g/mol. The van der Waals surface area contributed by atoms with Crippen LogP contribution in [0.3, 0.4) is 0 Å². The number of urea groups is 2. The van der Waals surface area contributed by atoms with Crippen LogP contribution in [-0.4, -0.2) is 85.2 Å². The number of alkyl halides is 3. The molecule has 0 spiro atoms.